The molecule has 2 amide bonds. The first-order valence-electron chi connectivity index (χ1n) is 13.1. The first-order valence-corrected chi connectivity index (χ1v) is 15.3. The molecular formula is C25H27ClN8O7S2. The molecule has 0 spiro atoms. The Kier molecular flexibility index (Phi) is 9.05. The molecule has 2 fully saturated rings. The Hall–Kier alpha value is -3.93. The number of amides is 2. The highest BCUT2D eigenvalue weighted by Crippen LogP contribution is 2.40. The molecule has 5 rings (SSSR count). The van der Waals surface area contributed by atoms with Gasteiger partial charge in [-0.2, -0.15) is 0 Å². The van der Waals surface area contributed by atoms with Gasteiger partial charge in [-0.3, -0.25) is 14.5 Å². The zero-order valence-electron chi connectivity index (χ0n) is 22.6. The van der Waals surface area contributed by atoms with Crippen LogP contribution >= 0.6 is 34.7 Å². The van der Waals surface area contributed by atoms with Gasteiger partial charge in [-0.1, -0.05) is 28.1 Å². The van der Waals surface area contributed by atoms with Crippen molar-refractivity contribution in [1.82, 2.24) is 20.5 Å². The van der Waals surface area contributed by atoms with E-state index in [4.69, 9.17) is 27.3 Å². The first-order chi connectivity index (χ1) is 20.5. The molecule has 228 valence electrons. The molecule has 2 saturated heterocycles. The number of nitrogens with two attached hydrogens (primary N) is 1. The monoisotopic (exact) mass is 650 g/mol. The van der Waals surface area contributed by atoms with Crippen molar-refractivity contribution in [2.24, 2.45) is 5.16 Å². The summed E-state index contributed by atoms with van der Waals surface area (Å²) >= 11 is 8.28. The van der Waals surface area contributed by atoms with Crippen molar-refractivity contribution in [3.05, 3.63) is 45.8 Å². The van der Waals surface area contributed by atoms with Crippen molar-refractivity contribution in [2.75, 3.05) is 29.9 Å². The van der Waals surface area contributed by atoms with Gasteiger partial charge in [-0.25, -0.2) is 14.3 Å². The summed E-state index contributed by atoms with van der Waals surface area (Å²) in [5.41, 5.74) is 6.22. The molecule has 0 bridgehead atoms. The molecule has 0 aromatic carbocycles. The van der Waals surface area contributed by atoms with E-state index in [9.17, 15) is 24.3 Å². The van der Waals surface area contributed by atoms with E-state index < -0.39 is 47.0 Å². The summed E-state index contributed by atoms with van der Waals surface area (Å²) in [6, 6.07) is 3.03. The molecule has 0 radical (unpaired) electrons. The van der Waals surface area contributed by atoms with Crippen LogP contribution in [0.4, 0.5) is 10.8 Å². The summed E-state index contributed by atoms with van der Waals surface area (Å²) in [6.07, 6.45) is 3.27. The van der Waals surface area contributed by atoms with E-state index in [-0.39, 0.29) is 33.2 Å². The number of carbonyl (C=O) groups is 4. The lowest BCUT2D eigenvalue weighted by molar-refractivity contribution is -0.689. The van der Waals surface area contributed by atoms with Crippen LogP contribution in [-0.4, -0.2) is 86.9 Å². The van der Waals surface area contributed by atoms with Crippen molar-refractivity contribution in [3.63, 3.8) is 0 Å². The number of aliphatic carboxylic acids is 2. The molecule has 0 saturated carbocycles. The summed E-state index contributed by atoms with van der Waals surface area (Å²) < 4.78 is 1.81. The smallest absolute Gasteiger partial charge is 0.347 e. The molecule has 2 aromatic heterocycles. The third-order valence-corrected chi connectivity index (χ3v) is 9.34. The van der Waals surface area contributed by atoms with Gasteiger partial charge in [0.15, 0.2) is 29.8 Å². The number of pyridine rings is 1. The molecule has 4 atom stereocenters. The molecular weight excluding hydrogens is 624 g/mol. The van der Waals surface area contributed by atoms with E-state index in [1.807, 2.05) is 29.1 Å². The fourth-order valence-electron chi connectivity index (χ4n) is 4.73. The highest BCUT2D eigenvalue weighted by molar-refractivity contribution is 8.00. The van der Waals surface area contributed by atoms with E-state index in [2.05, 4.69) is 26.1 Å². The largest absolute Gasteiger partial charge is 0.543 e. The Bertz CT molecular complexity index is 1510. The lowest BCUT2D eigenvalue weighted by Crippen LogP contribution is -2.71. The number of hydrogen-bond donors (Lipinski definition) is 5. The number of halogens is 1. The van der Waals surface area contributed by atoms with Crippen LogP contribution in [0.2, 0.25) is 4.34 Å². The number of nitrogen functional groups attached to an aromatic ring is 1. The van der Waals surface area contributed by atoms with E-state index in [1.165, 1.54) is 18.7 Å². The van der Waals surface area contributed by atoms with E-state index >= 15 is 0 Å². The molecule has 5 heterocycles. The topological polar surface area (TPSA) is 215 Å². The van der Waals surface area contributed by atoms with Crippen LogP contribution in [0.5, 0.6) is 0 Å². The molecule has 18 heteroatoms. The van der Waals surface area contributed by atoms with Crippen molar-refractivity contribution < 1.29 is 38.8 Å². The Morgan fingerprint density at radius 3 is 2.74 bits per heavy atom. The number of hydrogen-bond acceptors (Lipinski definition) is 13. The third-order valence-electron chi connectivity index (χ3n) is 6.91. The fourth-order valence-corrected chi connectivity index (χ4v) is 6.99. The van der Waals surface area contributed by atoms with Crippen LogP contribution in [0.3, 0.4) is 0 Å². The highest BCUT2D eigenvalue weighted by atomic mass is 35.5. The van der Waals surface area contributed by atoms with Crippen LogP contribution in [0.15, 0.2) is 41.0 Å². The second-order valence-corrected chi connectivity index (χ2v) is 12.6. The summed E-state index contributed by atoms with van der Waals surface area (Å²) in [7, 11) is 0. The van der Waals surface area contributed by atoms with Crippen molar-refractivity contribution in [3.8, 4) is 0 Å². The van der Waals surface area contributed by atoms with Gasteiger partial charge in [-0.05, 0) is 19.9 Å². The number of carboxylic acid groups (broad SMARTS) is 2. The van der Waals surface area contributed by atoms with Gasteiger partial charge in [0.25, 0.3) is 11.8 Å². The summed E-state index contributed by atoms with van der Waals surface area (Å²) in [6.45, 7) is 3.27. The number of thioether (sulfide) groups is 1. The van der Waals surface area contributed by atoms with Gasteiger partial charge in [0.2, 0.25) is 6.10 Å². The van der Waals surface area contributed by atoms with Gasteiger partial charge in [0, 0.05) is 41.7 Å². The van der Waals surface area contributed by atoms with Gasteiger partial charge < -0.3 is 41.5 Å². The number of aromatic nitrogens is 2. The number of anilines is 2. The standard InChI is InChI=1S/C25H27ClN8O7S2/c1-11(23(37)38)41-32-16(15-19(26)43-25(27)31-15)20(35)30-17-21(36)34-18(24(39)40)12(10-42-22(17)34)9-33-6-3-13(4-7-33)29-14-2-5-28-8-14/h3-4,6-7,11,14,17,22,28H,2,5,8-10H2,1H3,(H5,27,30,31,35,37,38,39,40)/b32-16-/t11-,14?,17+,22+/m0/s1. The molecule has 15 nitrogen and oxygen atoms in total. The normalized spacial score (nSPS) is 22.5. The maximum absolute atomic E-state index is 13.2. The quantitative estimate of drug-likeness (QED) is 0.0834. The van der Waals surface area contributed by atoms with E-state index in [0.29, 0.717) is 11.6 Å². The average Bonchev–Trinajstić information content (AvgIpc) is 3.60. The minimum absolute atomic E-state index is 0.00439. The second-order valence-electron chi connectivity index (χ2n) is 9.89. The Labute approximate surface area is 258 Å². The molecule has 1 unspecified atom stereocenters. The first kappa shape index (κ1) is 30.5. The van der Waals surface area contributed by atoms with Gasteiger partial charge in [0.1, 0.15) is 21.4 Å². The average molecular weight is 651 g/mol. The number of carboxylic acids is 2. The lowest BCUT2D eigenvalue weighted by atomic mass is 10.0. The van der Waals surface area contributed by atoms with Crippen LogP contribution in [0.1, 0.15) is 19.0 Å². The van der Waals surface area contributed by atoms with Crippen molar-refractivity contribution in [2.45, 2.75) is 43.5 Å². The maximum Gasteiger partial charge on any atom is 0.347 e. The fraction of sp³-hybridized carbons (Fsp3) is 0.400. The third kappa shape index (κ3) is 6.53. The van der Waals surface area contributed by atoms with Crippen LogP contribution in [0, 0.1) is 0 Å². The minimum Gasteiger partial charge on any atom is -0.543 e. The minimum atomic E-state index is -1.51. The summed E-state index contributed by atoms with van der Waals surface area (Å²) in [5.74, 6) is -4.18. The number of nitrogens with zero attached hydrogens (tertiary/aromatic N) is 4. The number of fused-ring (bicyclic) bond motifs is 1. The summed E-state index contributed by atoms with van der Waals surface area (Å²) in [5, 5.41) is 33.5. The van der Waals surface area contributed by atoms with Gasteiger partial charge in [0.05, 0.1) is 11.7 Å². The second kappa shape index (κ2) is 12.7. The highest BCUT2D eigenvalue weighted by Gasteiger charge is 2.53. The molecule has 6 N–H and O–H groups in total. The number of oxime groups is 1. The zero-order valence-corrected chi connectivity index (χ0v) is 25.0. The molecule has 0 aliphatic carbocycles. The SMILES string of the molecule is C[C@H](O/N=C(\C(=O)N[C@@H]1C(=O)N2C(C(=O)[O-])=C(C[n+]3ccc(NC4CCNC4)cc3)CS[C@H]12)c1nc(N)sc1Cl)C(=O)O. The number of thiazole rings is 1. The molecule has 2 aromatic rings. The number of nitrogens with one attached hydrogen (secondary N) is 3. The van der Waals surface area contributed by atoms with E-state index in [0.717, 1.165) is 41.4 Å². The molecule has 43 heavy (non-hydrogen) atoms. The number of β-lactam (4-membered cyclic amide) rings is 1. The van der Waals surface area contributed by atoms with Crippen LogP contribution in [0.25, 0.3) is 0 Å². The van der Waals surface area contributed by atoms with Crippen molar-refractivity contribution >= 4 is 75.0 Å². The van der Waals surface area contributed by atoms with Crippen molar-refractivity contribution in [1.29, 1.82) is 0 Å². The maximum atomic E-state index is 13.2. The van der Waals surface area contributed by atoms with Gasteiger partial charge in [-0.15, -0.1) is 11.8 Å². The van der Waals surface area contributed by atoms with Crippen LogP contribution < -0.4 is 31.4 Å². The predicted molar refractivity (Wildman–Crippen MR) is 155 cm³/mol. The Morgan fingerprint density at radius 1 is 1.40 bits per heavy atom. The van der Waals surface area contributed by atoms with Crippen LogP contribution in [-0.2, 0) is 30.6 Å². The molecule has 3 aliphatic rings. The summed E-state index contributed by atoms with van der Waals surface area (Å²) in [4.78, 5) is 59.8. The van der Waals surface area contributed by atoms with Gasteiger partial charge >= 0.3 is 5.97 Å². The Balaban J connectivity index is 1.30. The Morgan fingerprint density at radius 2 is 2.14 bits per heavy atom. The number of rotatable bonds is 11. The molecule has 3 aliphatic heterocycles. The van der Waals surface area contributed by atoms with E-state index in [1.54, 1.807) is 0 Å². The lowest BCUT2D eigenvalue weighted by Gasteiger charge is -2.50. The number of carbonyl (C=O) groups excluding carboxylic acids is 3. The predicted octanol–water partition coefficient (Wildman–Crippen LogP) is -1.26. The zero-order chi connectivity index (χ0) is 30.8.